The average Bonchev–Trinajstić information content (AvgIpc) is 3.06. The molecule has 1 aliphatic rings. The number of rotatable bonds is 3. The van der Waals surface area contributed by atoms with E-state index >= 15 is 0 Å². The molecule has 9 heteroatoms. The molecule has 1 aromatic heterocycles. The Morgan fingerprint density at radius 1 is 1.35 bits per heavy atom. The molecule has 0 unspecified atom stereocenters. The van der Waals surface area contributed by atoms with E-state index in [1.165, 1.54) is 18.2 Å². The summed E-state index contributed by atoms with van der Waals surface area (Å²) in [5.41, 5.74) is 0.156. The third kappa shape index (κ3) is 3.29. The van der Waals surface area contributed by atoms with Gasteiger partial charge in [0.25, 0.3) is 11.6 Å². The first-order valence-corrected chi connectivity index (χ1v) is 7.83. The summed E-state index contributed by atoms with van der Waals surface area (Å²) >= 11 is 11.8. The van der Waals surface area contributed by atoms with Crippen molar-refractivity contribution in [1.29, 1.82) is 0 Å². The van der Waals surface area contributed by atoms with Crippen LogP contribution in [0.1, 0.15) is 5.76 Å². The Hall–Kier alpha value is -2.16. The standard InChI is InChI=1S/C14H7ClN2O4S2/c15-7-1-3-9(10(5-7)17(19)20)11-4-2-8(21-11)6-12-13(18)16-14(22)23-12/h1-6H,(H,16,18,22). The van der Waals surface area contributed by atoms with Gasteiger partial charge in [0.2, 0.25) is 0 Å². The Morgan fingerprint density at radius 2 is 2.13 bits per heavy atom. The van der Waals surface area contributed by atoms with Gasteiger partial charge in [0, 0.05) is 17.2 Å². The number of amides is 1. The van der Waals surface area contributed by atoms with E-state index in [4.69, 9.17) is 28.2 Å². The lowest BCUT2D eigenvalue weighted by atomic mass is 10.1. The molecule has 6 nitrogen and oxygen atoms in total. The van der Waals surface area contributed by atoms with Crippen LogP contribution in [0.25, 0.3) is 17.4 Å². The van der Waals surface area contributed by atoms with Crippen molar-refractivity contribution < 1.29 is 14.1 Å². The quantitative estimate of drug-likeness (QED) is 0.382. The number of nitrogens with one attached hydrogen (secondary N) is 1. The Morgan fingerprint density at radius 3 is 2.78 bits per heavy atom. The molecule has 1 aliphatic heterocycles. The number of carbonyl (C=O) groups is 1. The third-order valence-electron chi connectivity index (χ3n) is 2.96. The minimum atomic E-state index is -0.527. The van der Waals surface area contributed by atoms with Crippen LogP contribution in [0.4, 0.5) is 5.69 Å². The number of thioether (sulfide) groups is 1. The third-order valence-corrected chi connectivity index (χ3v) is 4.36. The molecule has 0 radical (unpaired) electrons. The van der Waals surface area contributed by atoms with Crippen LogP contribution in [0.2, 0.25) is 5.02 Å². The number of benzene rings is 1. The fourth-order valence-corrected chi connectivity index (χ4v) is 3.18. The Bertz CT molecular complexity index is 875. The van der Waals surface area contributed by atoms with E-state index in [2.05, 4.69) is 5.32 Å². The van der Waals surface area contributed by atoms with Crippen molar-refractivity contribution in [3.63, 3.8) is 0 Å². The van der Waals surface area contributed by atoms with Gasteiger partial charge in [0.15, 0.2) is 0 Å². The largest absolute Gasteiger partial charge is 0.456 e. The molecular formula is C14H7ClN2O4S2. The highest BCUT2D eigenvalue weighted by molar-refractivity contribution is 8.26. The summed E-state index contributed by atoms with van der Waals surface area (Å²) in [7, 11) is 0. The first-order chi connectivity index (χ1) is 10.9. The van der Waals surface area contributed by atoms with Gasteiger partial charge in [-0.1, -0.05) is 35.6 Å². The first-order valence-electron chi connectivity index (χ1n) is 6.23. The zero-order valence-electron chi connectivity index (χ0n) is 11.2. The summed E-state index contributed by atoms with van der Waals surface area (Å²) in [6, 6.07) is 7.54. The summed E-state index contributed by atoms with van der Waals surface area (Å²) < 4.78 is 5.96. The second kappa shape index (κ2) is 6.15. The van der Waals surface area contributed by atoms with E-state index in [-0.39, 0.29) is 16.6 Å². The molecule has 1 saturated heterocycles. The second-order valence-corrected chi connectivity index (χ2v) is 6.63. The van der Waals surface area contributed by atoms with Crippen LogP contribution in [0.3, 0.4) is 0 Å². The number of carbonyl (C=O) groups excluding carboxylic acids is 1. The minimum absolute atomic E-state index is 0.153. The van der Waals surface area contributed by atoms with Gasteiger partial charge >= 0.3 is 0 Å². The molecule has 0 atom stereocenters. The van der Waals surface area contributed by atoms with Gasteiger partial charge in [-0.3, -0.25) is 14.9 Å². The number of furan rings is 1. The zero-order valence-corrected chi connectivity index (χ0v) is 13.6. The van der Waals surface area contributed by atoms with Gasteiger partial charge in [-0.2, -0.15) is 0 Å². The van der Waals surface area contributed by atoms with Gasteiger partial charge in [-0.05, 0) is 24.3 Å². The molecule has 0 spiro atoms. The highest BCUT2D eigenvalue weighted by Gasteiger charge is 2.23. The molecule has 23 heavy (non-hydrogen) atoms. The molecule has 116 valence electrons. The number of thiocarbonyl (C=S) groups is 1. The van der Waals surface area contributed by atoms with Crippen LogP contribution >= 0.6 is 35.6 Å². The fraction of sp³-hybridized carbons (Fsp3) is 0. The van der Waals surface area contributed by atoms with E-state index < -0.39 is 4.92 Å². The molecule has 0 aliphatic carbocycles. The summed E-state index contributed by atoms with van der Waals surface area (Å²) in [6.07, 6.45) is 1.53. The summed E-state index contributed by atoms with van der Waals surface area (Å²) in [4.78, 5) is 22.6. The van der Waals surface area contributed by atoms with Crippen LogP contribution in [0, 0.1) is 10.1 Å². The van der Waals surface area contributed by atoms with Crippen molar-refractivity contribution in [3.05, 3.63) is 56.1 Å². The van der Waals surface area contributed by atoms with Crippen molar-refractivity contribution in [1.82, 2.24) is 5.32 Å². The van der Waals surface area contributed by atoms with Crippen LogP contribution in [-0.4, -0.2) is 15.2 Å². The van der Waals surface area contributed by atoms with Crippen molar-refractivity contribution in [2.45, 2.75) is 0 Å². The lowest BCUT2D eigenvalue weighted by Crippen LogP contribution is -2.17. The number of halogens is 1. The molecule has 2 aromatic rings. The number of hydrogen-bond acceptors (Lipinski definition) is 6. The normalized spacial score (nSPS) is 16.0. The molecule has 1 N–H and O–H groups in total. The van der Waals surface area contributed by atoms with E-state index in [9.17, 15) is 14.9 Å². The number of nitro groups is 1. The number of hydrogen-bond donors (Lipinski definition) is 1. The Kier molecular flexibility index (Phi) is 4.20. The number of nitrogens with zero attached hydrogens (tertiary/aromatic N) is 1. The average molecular weight is 367 g/mol. The monoisotopic (exact) mass is 366 g/mol. The van der Waals surface area contributed by atoms with Crippen LogP contribution in [0.15, 0.2) is 39.7 Å². The zero-order chi connectivity index (χ0) is 16.6. The first kappa shape index (κ1) is 15.7. The molecule has 1 fully saturated rings. The molecule has 0 bridgehead atoms. The second-order valence-electron chi connectivity index (χ2n) is 4.47. The lowest BCUT2D eigenvalue weighted by Gasteiger charge is -2.00. The van der Waals surface area contributed by atoms with Gasteiger partial charge < -0.3 is 9.73 Å². The predicted molar refractivity (Wildman–Crippen MR) is 92.1 cm³/mol. The van der Waals surface area contributed by atoms with Gasteiger partial charge in [-0.15, -0.1) is 0 Å². The maximum atomic E-state index is 11.6. The van der Waals surface area contributed by atoms with Gasteiger partial charge in [-0.25, -0.2) is 0 Å². The predicted octanol–water partition coefficient (Wildman–Crippen LogP) is 4.00. The van der Waals surface area contributed by atoms with Crippen molar-refractivity contribution in [3.8, 4) is 11.3 Å². The van der Waals surface area contributed by atoms with Crippen LogP contribution in [-0.2, 0) is 4.79 Å². The molecule has 0 saturated carbocycles. The Balaban J connectivity index is 1.97. The molecule has 1 aromatic carbocycles. The topological polar surface area (TPSA) is 85.4 Å². The van der Waals surface area contributed by atoms with Crippen LogP contribution < -0.4 is 5.32 Å². The SMILES string of the molecule is O=C1NC(=S)SC1=Cc1ccc(-c2ccc(Cl)cc2[N+](=O)[O-])o1. The van der Waals surface area contributed by atoms with Gasteiger partial charge in [0.1, 0.15) is 15.8 Å². The molecular weight excluding hydrogens is 360 g/mol. The van der Waals surface area contributed by atoms with Crippen molar-refractivity contribution in [2.75, 3.05) is 0 Å². The van der Waals surface area contributed by atoms with Crippen molar-refractivity contribution >= 4 is 57.6 Å². The van der Waals surface area contributed by atoms with E-state index in [0.717, 1.165) is 11.8 Å². The molecule has 2 heterocycles. The smallest absolute Gasteiger partial charge is 0.281 e. The van der Waals surface area contributed by atoms with Crippen molar-refractivity contribution in [2.24, 2.45) is 0 Å². The summed E-state index contributed by atoms with van der Waals surface area (Å²) in [6.45, 7) is 0. The maximum Gasteiger partial charge on any atom is 0.281 e. The van der Waals surface area contributed by atoms with Crippen LogP contribution in [0.5, 0.6) is 0 Å². The van der Waals surface area contributed by atoms with E-state index in [1.807, 2.05) is 0 Å². The van der Waals surface area contributed by atoms with Gasteiger partial charge in [0.05, 0.1) is 15.4 Å². The summed E-state index contributed by atoms with van der Waals surface area (Å²) in [5.74, 6) is 0.410. The Labute approximate surface area is 144 Å². The minimum Gasteiger partial charge on any atom is -0.456 e. The molecule has 1 amide bonds. The summed E-state index contributed by atoms with van der Waals surface area (Å²) in [5, 5.41) is 13.9. The lowest BCUT2D eigenvalue weighted by molar-refractivity contribution is -0.384. The van der Waals surface area contributed by atoms with E-state index in [0.29, 0.717) is 26.3 Å². The van der Waals surface area contributed by atoms with E-state index in [1.54, 1.807) is 18.2 Å². The highest BCUT2D eigenvalue weighted by atomic mass is 35.5. The molecule has 3 rings (SSSR count). The fourth-order valence-electron chi connectivity index (χ4n) is 1.99. The number of nitro benzene ring substituents is 1. The highest BCUT2D eigenvalue weighted by Crippen LogP contribution is 2.34. The maximum absolute atomic E-state index is 11.6.